The Kier molecular flexibility index (Phi) is 9.14. The molecule has 2 aromatic heterocycles. The van der Waals surface area contributed by atoms with Crippen LogP contribution in [0.4, 0.5) is 0 Å². The van der Waals surface area contributed by atoms with E-state index in [1.165, 1.54) is 12.8 Å². The number of benzene rings is 2. The van der Waals surface area contributed by atoms with Crippen LogP contribution in [-0.2, 0) is 16.0 Å². The molecular weight excluding hydrogens is 590 g/mol. The first-order valence-electron chi connectivity index (χ1n) is 17.4. The van der Waals surface area contributed by atoms with E-state index in [0.29, 0.717) is 38.6 Å². The predicted octanol–water partition coefficient (Wildman–Crippen LogP) is 3.91. The van der Waals surface area contributed by atoms with Crippen molar-refractivity contribution in [2.75, 3.05) is 59.4 Å². The summed E-state index contributed by atoms with van der Waals surface area (Å²) in [5.74, 6) is -0.207. The molecule has 248 valence electrons. The molecule has 3 saturated heterocycles. The third kappa shape index (κ3) is 6.85. The number of hydrogen-bond donors (Lipinski definition) is 2. The smallest absolute Gasteiger partial charge is 0.251 e. The van der Waals surface area contributed by atoms with E-state index in [1.54, 1.807) is 0 Å². The molecule has 3 fully saturated rings. The van der Waals surface area contributed by atoms with Crippen LogP contribution in [0.2, 0.25) is 0 Å². The van der Waals surface area contributed by atoms with E-state index < -0.39 is 5.92 Å². The van der Waals surface area contributed by atoms with Crippen LogP contribution in [0.5, 0.6) is 0 Å². The Bertz CT molecular complexity index is 1790. The molecule has 10 heteroatoms. The van der Waals surface area contributed by atoms with Crippen molar-refractivity contribution in [3.8, 4) is 0 Å². The van der Waals surface area contributed by atoms with Gasteiger partial charge in [-0.2, -0.15) is 5.10 Å². The molecule has 3 aliphatic heterocycles. The summed E-state index contributed by atoms with van der Waals surface area (Å²) in [6.45, 7) is 8.69. The zero-order valence-electron chi connectivity index (χ0n) is 27.7. The minimum absolute atomic E-state index is 0.0280. The van der Waals surface area contributed by atoms with Crippen LogP contribution < -0.4 is 5.56 Å². The highest BCUT2D eigenvalue weighted by atomic mass is 16.2. The van der Waals surface area contributed by atoms with E-state index in [9.17, 15) is 14.4 Å². The molecular formula is C37H47N7O3. The number of aromatic amines is 2. The van der Waals surface area contributed by atoms with Gasteiger partial charge in [-0.15, -0.1) is 0 Å². The highest BCUT2D eigenvalue weighted by Crippen LogP contribution is 2.29. The number of aromatic nitrogens is 3. The Morgan fingerprint density at radius 2 is 1.64 bits per heavy atom. The monoisotopic (exact) mass is 637 g/mol. The highest BCUT2D eigenvalue weighted by Gasteiger charge is 2.34. The molecule has 47 heavy (non-hydrogen) atoms. The topological polar surface area (TPSA) is 109 Å². The number of nitrogens with zero attached hydrogens (tertiary/aromatic N) is 5. The summed E-state index contributed by atoms with van der Waals surface area (Å²) in [7, 11) is 2.19. The lowest BCUT2D eigenvalue weighted by molar-refractivity contribution is -0.143. The fourth-order valence-electron chi connectivity index (χ4n) is 8.13. The minimum Gasteiger partial charge on any atom is -0.343 e. The number of pyridine rings is 1. The minimum atomic E-state index is -0.429. The number of piperazine rings is 1. The first-order chi connectivity index (χ1) is 22.8. The van der Waals surface area contributed by atoms with Gasteiger partial charge in [0.05, 0.1) is 17.6 Å². The number of rotatable bonds is 7. The van der Waals surface area contributed by atoms with Gasteiger partial charge in [-0.3, -0.25) is 24.4 Å². The Hall–Kier alpha value is -4.02. The van der Waals surface area contributed by atoms with Gasteiger partial charge in [0.25, 0.3) is 5.56 Å². The van der Waals surface area contributed by atoms with Crippen LogP contribution >= 0.6 is 0 Å². The van der Waals surface area contributed by atoms with E-state index >= 15 is 0 Å². The van der Waals surface area contributed by atoms with Crippen molar-refractivity contribution in [2.45, 2.75) is 57.4 Å². The van der Waals surface area contributed by atoms with Gasteiger partial charge in [0.15, 0.2) is 0 Å². The molecule has 2 amide bonds. The summed E-state index contributed by atoms with van der Waals surface area (Å²) in [4.78, 5) is 52.9. The van der Waals surface area contributed by atoms with Gasteiger partial charge in [0.1, 0.15) is 0 Å². The number of piperidine rings is 2. The Morgan fingerprint density at radius 3 is 2.40 bits per heavy atom. The maximum atomic E-state index is 14.2. The van der Waals surface area contributed by atoms with E-state index in [2.05, 4.69) is 51.1 Å². The van der Waals surface area contributed by atoms with Gasteiger partial charge in [-0.05, 0) is 99.8 Å². The van der Waals surface area contributed by atoms with Crippen molar-refractivity contribution in [2.24, 2.45) is 5.92 Å². The summed E-state index contributed by atoms with van der Waals surface area (Å²) in [6, 6.07) is 14.7. The second-order valence-corrected chi connectivity index (χ2v) is 14.0. The fraction of sp³-hybridized carbons (Fsp3) is 0.514. The largest absolute Gasteiger partial charge is 0.343 e. The van der Waals surface area contributed by atoms with Crippen LogP contribution in [0.25, 0.3) is 21.8 Å². The third-order valence-electron chi connectivity index (χ3n) is 11.0. The van der Waals surface area contributed by atoms with Crippen molar-refractivity contribution in [3.63, 3.8) is 0 Å². The first-order valence-corrected chi connectivity index (χ1v) is 17.4. The molecule has 3 aliphatic rings. The second-order valence-electron chi connectivity index (χ2n) is 14.0. The number of nitrogens with one attached hydrogen (secondary N) is 2. The maximum absolute atomic E-state index is 14.2. The number of H-pyrrole nitrogens is 2. The zero-order valence-corrected chi connectivity index (χ0v) is 27.7. The summed E-state index contributed by atoms with van der Waals surface area (Å²) in [6.07, 6.45) is 6.37. The Labute approximate surface area is 276 Å². The number of fused-ring (bicyclic) bond motifs is 2. The van der Waals surface area contributed by atoms with Crippen molar-refractivity contribution in [3.05, 3.63) is 75.7 Å². The molecule has 2 aromatic carbocycles. The lowest BCUT2D eigenvalue weighted by Gasteiger charge is -2.43. The van der Waals surface area contributed by atoms with Gasteiger partial charge in [-0.25, -0.2) is 0 Å². The van der Waals surface area contributed by atoms with Crippen LogP contribution in [0.3, 0.4) is 0 Å². The van der Waals surface area contributed by atoms with Crippen LogP contribution in [0.1, 0.15) is 54.7 Å². The summed E-state index contributed by atoms with van der Waals surface area (Å²) < 4.78 is 0. The third-order valence-corrected chi connectivity index (χ3v) is 11.0. The standard InChI is InChI=1S/C37H47N7O3/c1-25-19-26(21-30-24-38-40-35(25)30)20-29(37(47)44-17-15-42(16-18-44)31-9-11-41(2)12-10-31)23-34(45)43-13-7-27(8-14-43)32-22-28-5-3-4-6-33(28)39-36(32)46/h3-6,19,21-22,24,27,29,31H,7-18,20,23H2,1-2H3,(H,38,40)(H,39,46). The molecule has 1 atom stereocenters. The second kappa shape index (κ2) is 13.6. The molecule has 0 saturated carbocycles. The van der Waals surface area contributed by atoms with Gasteiger partial charge < -0.3 is 19.7 Å². The average molecular weight is 638 g/mol. The molecule has 1 unspecified atom stereocenters. The van der Waals surface area contributed by atoms with Crippen molar-refractivity contribution >= 4 is 33.6 Å². The number of para-hydroxylation sites is 1. The molecule has 7 rings (SSSR count). The van der Waals surface area contributed by atoms with Gasteiger partial charge >= 0.3 is 0 Å². The zero-order chi connectivity index (χ0) is 32.5. The number of aryl methyl sites for hydroxylation is 1. The van der Waals surface area contributed by atoms with Crippen LogP contribution in [0, 0.1) is 12.8 Å². The summed E-state index contributed by atoms with van der Waals surface area (Å²) in [5.41, 5.74) is 4.75. The Balaban J connectivity index is 1.03. The van der Waals surface area contributed by atoms with Gasteiger partial charge in [0.2, 0.25) is 11.8 Å². The molecule has 0 aliphatic carbocycles. The number of amides is 2. The molecule has 10 nitrogen and oxygen atoms in total. The number of likely N-dealkylation sites (tertiary alicyclic amines) is 2. The SMILES string of the molecule is Cc1cc(CC(CC(=O)N2CCC(c3cc4ccccc4[nH]c3=O)CC2)C(=O)N2CCN(C3CCN(C)CC3)CC2)cc2cn[nH]c12. The number of hydrogen-bond acceptors (Lipinski definition) is 6. The lowest BCUT2D eigenvalue weighted by Crippen LogP contribution is -2.55. The Morgan fingerprint density at radius 1 is 0.894 bits per heavy atom. The predicted molar refractivity (Wildman–Crippen MR) is 184 cm³/mol. The van der Waals surface area contributed by atoms with Crippen LogP contribution in [-0.4, -0.2) is 112 Å². The molecule has 2 N–H and O–H groups in total. The van der Waals surface area contributed by atoms with E-state index in [1.807, 2.05) is 46.3 Å². The molecule has 0 spiro atoms. The van der Waals surface area contributed by atoms with E-state index in [0.717, 1.165) is 77.5 Å². The van der Waals surface area contributed by atoms with Crippen molar-refractivity contribution in [1.29, 1.82) is 0 Å². The van der Waals surface area contributed by atoms with E-state index in [-0.39, 0.29) is 29.7 Å². The van der Waals surface area contributed by atoms with Crippen molar-refractivity contribution < 1.29 is 9.59 Å². The summed E-state index contributed by atoms with van der Waals surface area (Å²) in [5, 5.41) is 9.32. The molecule has 0 radical (unpaired) electrons. The average Bonchev–Trinajstić information content (AvgIpc) is 3.57. The van der Waals surface area contributed by atoms with E-state index in [4.69, 9.17) is 0 Å². The quantitative estimate of drug-likeness (QED) is 0.318. The van der Waals surface area contributed by atoms with Crippen LogP contribution in [0.15, 0.2) is 53.5 Å². The van der Waals surface area contributed by atoms with Gasteiger partial charge in [0, 0.05) is 68.2 Å². The summed E-state index contributed by atoms with van der Waals surface area (Å²) >= 11 is 0. The first kappa shape index (κ1) is 31.6. The van der Waals surface area contributed by atoms with Gasteiger partial charge in [-0.1, -0.05) is 24.3 Å². The maximum Gasteiger partial charge on any atom is 0.251 e. The molecule has 4 aromatic rings. The molecule has 5 heterocycles. The van der Waals surface area contributed by atoms with Crippen molar-refractivity contribution in [1.82, 2.24) is 34.8 Å². The molecule has 0 bridgehead atoms. The number of carbonyl (C=O) groups is 2. The number of carbonyl (C=O) groups excluding carboxylic acids is 2. The fourth-order valence-corrected chi connectivity index (χ4v) is 8.13. The lowest BCUT2D eigenvalue weighted by atomic mass is 9.88. The highest BCUT2D eigenvalue weighted by molar-refractivity contribution is 5.87. The normalized spacial score (nSPS) is 19.9.